The van der Waals surface area contributed by atoms with Crippen molar-refractivity contribution in [3.63, 3.8) is 0 Å². The summed E-state index contributed by atoms with van der Waals surface area (Å²) in [5.41, 5.74) is -0.163. The topological polar surface area (TPSA) is 48.4 Å². The van der Waals surface area contributed by atoms with Crippen LogP contribution in [0.3, 0.4) is 0 Å². The Balaban J connectivity index is 3.28. The van der Waals surface area contributed by atoms with Crippen molar-refractivity contribution >= 4 is 28.6 Å². The second kappa shape index (κ2) is 6.08. The maximum absolute atomic E-state index is 12.9. The molecular weight excluding hydrogens is 347 g/mol. The molecule has 0 radical (unpaired) electrons. The molecule has 0 amide bonds. The zero-order chi connectivity index (χ0) is 13.0. The Morgan fingerprint density at radius 3 is 2.65 bits per heavy atom. The zero-order valence-corrected chi connectivity index (χ0v) is 11.3. The molecule has 0 aliphatic carbocycles. The van der Waals surface area contributed by atoms with Gasteiger partial charge in [0.25, 0.3) is 6.43 Å². The van der Waals surface area contributed by atoms with E-state index in [4.69, 9.17) is 4.74 Å². The molecule has 94 valence electrons. The van der Waals surface area contributed by atoms with Gasteiger partial charge in [0, 0.05) is 5.56 Å². The minimum absolute atomic E-state index is 0.0284. The van der Waals surface area contributed by atoms with Crippen LogP contribution in [0.2, 0.25) is 0 Å². The van der Waals surface area contributed by atoms with Gasteiger partial charge in [0.05, 0.1) is 32.4 Å². The summed E-state index contributed by atoms with van der Waals surface area (Å²) in [6.07, 6.45) is -1.77. The van der Waals surface area contributed by atoms with Gasteiger partial charge in [0.2, 0.25) is 0 Å². The van der Waals surface area contributed by atoms with E-state index in [-0.39, 0.29) is 23.3 Å². The number of carbonyl (C=O) groups excluding carboxylic acids is 1. The third-order valence-corrected chi connectivity index (χ3v) is 3.05. The molecule has 0 atom stereocenters. The molecule has 1 heterocycles. The molecule has 7 heteroatoms. The van der Waals surface area contributed by atoms with Gasteiger partial charge in [-0.3, -0.25) is 4.79 Å². The molecule has 0 aromatic carbocycles. The normalized spacial score (nSPS) is 10.5. The Labute approximate surface area is 110 Å². The minimum atomic E-state index is -2.74. The third-order valence-electron chi connectivity index (χ3n) is 2.12. The summed E-state index contributed by atoms with van der Waals surface area (Å²) in [6, 6.07) is 0. The minimum Gasteiger partial charge on any atom is -0.495 e. The summed E-state index contributed by atoms with van der Waals surface area (Å²) < 4.78 is 35.5. The highest BCUT2D eigenvalue weighted by Gasteiger charge is 2.23. The van der Waals surface area contributed by atoms with Gasteiger partial charge >= 0.3 is 5.97 Å². The summed E-state index contributed by atoms with van der Waals surface area (Å²) in [4.78, 5) is 15.1. The van der Waals surface area contributed by atoms with Crippen LogP contribution in [0, 0.1) is 3.70 Å². The predicted molar refractivity (Wildman–Crippen MR) is 64.2 cm³/mol. The number of methoxy groups -OCH3 is 2. The first kappa shape index (κ1) is 14.1. The van der Waals surface area contributed by atoms with E-state index in [0.29, 0.717) is 3.70 Å². The molecule has 0 saturated carbocycles. The summed E-state index contributed by atoms with van der Waals surface area (Å²) in [6.45, 7) is 0. The van der Waals surface area contributed by atoms with E-state index in [1.165, 1.54) is 20.4 Å². The number of hydrogen-bond donors (Lipinski definition) is 0. The molecule has 0 spiro atoms. The van der Waals surface area contributed by atoms with Gasteiger partial charge in [0.1, 0.15) is 9.45 Å². The van der Waals surface area contributed by atoms with Crippen LogP contribution in [0.1, 0.15) is 17.6 Å². The number of aromatic nitrogens is 1. The van der Waals surface area contributed by atoms with Crippen LogP contribution in [-0.4, -0.2) is 25.2 Å². The number of carbonyl (C=O) groups is 1. The average Bonchev–Trinajstić information content (AvgIpc) is 2.30. The molecule has 0 saturated heterocycles. The van der Waals surface area contributed by atoms with Crippen molar-refractivity contribution in [2.75, 3.05) is 14.2 Å². The summed E-state index contributed by atoms with van der Waals surface area (Å²) >= 11 is 1.79. The monoisotopic (exact) mass is 357 g/mol. The number of esters is 1. The second-order valence-electron chi connectivity index (χ2n) is 3.06. The van der Waals surface area contributed by atoms with E-state index in [1.807, 2.05) is 0 Å². The number of alkyl halides is 2. The first-order valence-corrected chi connectivity index (χ1v) is 5.65. The number of pyridine rings is 1. The highest BCUT2D eigenvalue weighted by Crippen LogP contribution is 2.33. The van der Waals surface area contributed by atoms with Gasteiger partial charge < -0.3 is 9.47 Å². The Hall–Kier alpha value is -0.990. The van der Waals surface area contributed by atoms with E-state index in [2.05, 4.69) is 9.72 Å². The molecule has 0 aliphatic heterocycles. The van der Waals surface area contributed by atoms with Crippen molar-refractivity contribution in [2.45, 2.75) is 12.8 Å². The van der Waals surface area contributed by atoms with E-state index < -0.39 is 12.4 Å². The zero-order valence-electron chi connectivity index (χ0n) is 9.17. The molecule has 1 rings (SSSR count). The van der Waals surface area contributed by atoms with Gasteiger partial charge in [-0.2, -0.15) is 0 Å². The van der Waals surface area contributed by atoms with Crippen molar-refractivity contribution in [1.29, 1.82) is 0 Å². The van der Waals surface area contributed by atoms with Gasteiger partial charge in [0.15, 0.2) is 0 Å². The largest absolute Gasteiger partial charge is 0.495 e. The van der Waals surface area contributed by atoms with Gasteiger partial charge in [-0.05, 0) is 22.6 Å². The van der Waals surface area contributed by atoms with E-state index in [1.54, 1.807) is 22.6 Å². The number of hydrogen-bond acceptors (Lipinski definition) is 4. The number of ether oxygens (including phenoxy) is 2. The molecular formula is C10H10F2INO3. The van der Waals surface area contributed by atoms with Crippen LogP contribution in [0.15, 0.2) is 6.20 Å². The maximum atomic E-state index is 12.9. The van der Waals surface area contributed by atoms with Crippen molar-refractivity contribution in [2.24, 2.45) is 0 Å². The fraction of sp³-hybridized carbons (Fsp3) is 0.400. The lowest BCUT2D eigenvalue weighted by Gasteiger charge is -2.13. The van der Waals surface area contributed by atoms with Crippen molar-refractivity contribution in [3.05, 3.63) is 21.0 Å². The molecule has 0 unspecified atom stereocenters. The SMILES string of the molecule is COC(=O)Cc1c(I)ncc(OC)c1C(F)F. The molecule has 1 aromatic heterocycles. The maximum Gasteiger partial charge on any atom is 0.310 e. The van der Waals surface area contributed by atoms with Crippen LogP contribution in [-0.2, 0) is 16.0 Å². The fourth-order valence-corrected chi connectivity index (χ4v) is 1.93. The lowest BCUT2D eigenvalue weighted by molar-refractivity contribution is -0.139. The summed E-state index contributed by atoms with van der Waals surface area (Å²) in [5, 5.41) is 0. The number of halogens is 3. The smallest absolute Gasteiger partial charge is 0.310 e. The molecule has 1 aromatic rings. The Kier molecular flexibility index (Phi) is 5.03. The van der Waals surface area contributed by atoms with E-state index >= 15 is 0 Å². The highest BCUT2D eigenvalue weighted by atomic mass is 127. The third kappa shape index (κ3) is 3.24. The highest BCUT2D eigenvalue weighted by molar-refractivity contribution is 14.1. The average molecular weight is 357 g/mol. The second-order valence-corrected chi connectivity index (χ2v) is 4.09. The first-order chi connectivity index (χ1) is 8.01. The predicted octanol–water partition coefficient (Wildman–Crippen LogP) is 2.35. The number of nitrogens with zero attached hydrogens (tertiary/aromatic N) is 1. The molecule has 0 fully saturated rings. The van der Waals surface area contributed by atoms with E-state index in [9.17, 15) is 13.6 Å². The van der Waals surface area contributed by atoms with Crippen LogP contribution in [0.4, 0.5) is 8.78 Å². The molecule has 0 bridgehead atoms. The molecule has 4 nitrogen and oxygen atoms in total. The summed E-state index contributed by atoms with van der Waals surface area (Å²) in [7, 11) is 2.47. The number of rotatable bonds is 4. The molecule has 17 heavy (non-hydrogen) atoms. The van der Waals surface area contributed by atoms with Crippen LogP contribution >= 0.6 is 22.6 Å². The summed E-state index contributed by atoms with van der Waals surface area (Å²) in [5.74, 6) is -0.626. The van der Waals surface area contributed by atoms with Crippen molar-refractivity contribution in [1.82, 2.24) is 4.98 Å². The van der Waals surface area contributed by atoms with Crippen LogP contribution < -0.4 is 4.74 Å². The van der Waals surface area contributed by atoms with Crippen LogP contribution in [0.25, 0.3) is 0 Å². The fourth-order valence-electron chi connectivity index (χ4n) is 1.31. The standard InChI is InChI=1S/C10H10F2INO3/c1-16-6-4-14-10(13)5(3-7(15)17-2)8(6)9(11)12/h4,9H,3H2,1-2H3. The van der Waals surface area contributed by atoms with Crippen molar-refractivity contribution in [3.8, 4) is 5.75 Å². The van der Waals surface area contributed by atoms with Gasteiger partial charge in [-0.1, -0.05) is 0 Å². The molecule has 0 N–H and O–H groups in total. The van der Waals surface area contributed by atoms with E-state index in [0.717, 1.165) is 0 Å². The molecule has 0 aliphatic rings. The van der Waals surface area contributed by atoms with Gasteiger partial charge in [-0.15, -0.1) is 0 Å². The quantitative estimate of drug-likeness (QED) is 0.472. The van der Waals surface area contributed by atoms with Gasteiger partial charge in [-0.25, -0.2) is 13.8 Å². The Morgan fingerprint density at radius 2 is 2.18 bits per heavy atom. The first-order valence-electron chi connectivity index (χ1n) is 4.57. The van der Waals surface area contributed by atoms with Crippen molar-refractivity contribution < 1.29 is 23.0 Å². The Bertz CT molecular complexity index is 426. The Morgan fingerprint density at radius 1 is 1.53 bits per heavy atom. The van der Waals surface area contributed by atoms with Crippen LogP contribution in [0.5, 0.6) is 5.75 Å². The lowest BCUT2D eigenvalue weighted by Crippen LogP contribution is -2.11. The lowest BCUT2D eigenvalue weighted by atomic mass is 10.1.